The lowest BCUT2D eigenvalue weighted by atomic mass is 9.95. The fourth-order valence-corrected chi connectivity index (χ4v) is 4.42. The van der Waals surface area contributed by atoms with E-state index in [1.165, 1.54) is 35.2 Å². The molecule has 1 atom stereocenters. The van der Waals surface area contributed by atoms with Crippen LogP contribution >= 0.6 is 0 Å². The fourth-order valence-electron chi connectivity index (χ4n) is 4.42. The van der Waals surface area contributed by atoms with Gasteiger partial charge in [0, 0.05) is 37.4 Å². The number of hydrogen-bond donors (Lipinski definition) is 1. The van der Waals surface area contributed by atoms with Crippen LogP contribution in [0, 0.1) is 6.92 Å². The number of benzene rings is 1. The molecule has 1 aliphatic heterocycles. The van der Waals surface area contributed by atoms with E-state index in [4.69, 9.17) is 4.98 Å². The Bertz CT molecular complexity index is 864. The van der Waals surface area contributed by atoms with E-state index >= 15 is 0 Å². The van der Waals surface area contributed by atoms with Gasteiger partial charge in [0.2, 0.25) is 5.91 Å². The number of nitrogens with zero attached hydrogens (tertiary/aromatic N) is 3. The predicted molar refractivity (Wildman–Crippen MR) is 110 cm³/mol. The third-order valence-electron chi connectivity index (χ3n) is 6.17. The Kier molecular flexibility index (Phi) is 5.72. The summed E-state index contributed by atoms with van der Waals surface area (Å²) in [5.41, 5.74) is 6.43. The van der Waals surface area contributed by atoms with Crippen molar-refractivity contribution >= 4 is 5.91 Å². The summed E-state index contributed by atoms with van der Waals surface area (Å²) >= 11 is 0. The van der Waals surface area contributed by atoms with Crippen LogP contribution < -0.4 is 5.32 Å². The summed E-state index contributed by atoms with van der Waals surface area (Å²) in [6.07, 6.45) is 6.33. The van der Waals surface area contributed by atoms with Gasteiger partial charge in [-0.25, -0.2) is 9.97 Å². The molecule has 148 valence electrons. The molecule has 0 spiro atoms. The second-order valence-corrected chi connectivity index (χ2v) is 8.06. The van der Waals surface area contributed by atoms with Crippen molar-refractivity contribution in [2.75, 3.05) is 13.1 Å². The lowest BCUT2D eigenvalue weighted by molar-refractivity contribution is -0.126. The molecule has 2 heterocycles. The van der Waals surface area contributed by atoms with Gasteiger partial charge in [0.15, 0.2) is 0 Å². The highest BCUT2D eigenvalue weighted by Gasteiger charge is 2.25. The Morgan fingerprint density at radius 2 is 1.93 bits per heavy atom. The number of nitrogens with one attached hydrogen (secondary N) is 1. The van der Waals surface area contributed by atoms with Gasteiger partial charge >= 0.3 is 0 Å². The van der Waals surface area contributed by atoms with Crippen molar-refractivity contribution in [3.05, 3.63) is 58.2 Å². The van der Waals surface area contributed by atoms with Crippen molar-refractivity contribution in [1.29, 1.82) is 0 Å². The summed E-state index contributed by atoms with van der Waals surface area (Å²) in [6.45, 7) is 6.45. The maximum atomic E-state index is 12.7. The summed E-state index contributed by atoms with van der Waals surface area (Å²) < 4.78 is 0. The zero-order valence-electron chi connectivity index (χ0n) is 17.0. The minimum atomic E-state index is -0.125. The average molecular weight is 379 g/mol. The molecule has 4 rings (SSSR count). The molecule has 2 aliphatic rings. The number of carbonyl (C=O) groups is 1. The molecule has 0 saturated carbocycles. The molecule has 0 radical (unpaired) electrons. The Balaban J connectivity index is 1.31. The van der Waals surface area contributed by atoms with Gasteiger partial charge in [-0.3, -0.25) is 9.69 Å². The molecule has 1 aromatic heterocycles. The molecular formula is C23H30N4O. The van der Waals surface area contributed by atoms with Crippen LogP contribution in [0.3, 0.4) is 0 Å². The maximum Gasteiger partial charge on any atom is 0.237 e. The second-order valence-electron chi connectivity index (χ2n) is 8.06. The van der Waals surface area contributed by atoms with Crippen LogP contribution in [0.4, 0.5) is 0 Å². The minimum Gasteiger partial charge on any atom is -0.354 e. The molecule has 0 bridgehead atoms. The van der Waals surface area contributed by atoms with Gasteiger partial charge in [-0.15, -0.1) is 0 Å². The van der Waals surface area contributed by atoms with Crippen molar-refractivity contribution in [2.45, 2.75) is 65.0 Å². The van der Waals surface area contributed by atoms with Crippen molar-refractivity contribution in [1.82, 2.24) is 20.2 Å². The minimum absolute atomic E-state index is 0.0917. The molecule has 1 unspecified atom stereocenters. The Hall–Kier alpha value is -2.27. The molecule has 0 fully saturated rings. The third kappa shape index (κ3) is 4.09. The highest BCUT2D eigenvalue weighted by molar-refractivity contribution is 5.81. The van der Waals surface area contributed by atoms with Crippen molar-refractivity contribution in [2.24, 2.45) is 0 Å². The van der Waals surface area contributed by atoms with Gasteiger partial charge in [-0.1, -0.05) is 24.3 Å². The highest BCUT2D eigenvalue weighted by atomic mass is 16.2. The summed E-state index contributed by atoms with van der Waals surface area (Å²) in [6, 6.07) is 8.40. The van der Waals surface area contributed by atoms with Crippen molar-refractivity contribution in [3.8, 4) is 0 Å². The average Bonchev–Trinajstić information content (AvgIpc) is 2.73. The molecule has 5 heteroatoms. The van der Waals surface area contributed by atoms with Gasteiger partial charge < -0.3 is 5.32 Å². The molecule has 28 heavy (non-hydrogen) atoms. The summed E-state index contributed by atoms with van der Waals surface area (Å²) in [5, 5.41) is 3.09. The highest BCUT2D eigenvalue weighted by Crippen LogP contribution is 2.22. The monoisotopic (exact) mass is 378 g/mol. The zero-order chi connectivity index (χ0) is 19.5. The number of hydrogen-bond acceptors (Lipinski definition) is 4. The van der Waals surface area contributed by atoms with E-state index in [0.717, 1.165) is 43.9 Å². The largest absolute Gasteiger partial charge is 0.354 e. The smallest absolute Gasteiger partial charge is 0.237 e. The first-order chi connectivity index (χ1) is 13.6. The van der Waals surface area contributed by atoms with E-state index in [2.05, 4.69) is 46.4 Å². The number of rotatable bonds is 5. The van der Waals surface area contributed by atoms with E-state index < -0.39 is 0 Å². The van der Waals surface area contributed by atoms with E-state index in [9.17, 15) is 4.79 Å². The van der Waals surface area contributed by atoms with Gasteiger partial charge in [0.25, 0.3) is 0 Å². The van der Waals surface area contributed by atoms with Gasteiger partial charge in [0.1, 0.15) is 5.82 Å². The lowest BCUT2D eigenvalue weighted by Crippen LogP contribution is -2.47. The number of aryl methyl sites for hydroxylation is 2. The summed E-state index contributed by atoms with van der Waals surface area (Å²) in [4.78, 5) is 24.3. The molecule has 5 nitrogen and oxygen atoms in total. The van der Waals surface area contributed by atoms with E-state index in [1.807, 2.05) is 6.92 Å². The SMILES string of the molecule is Cc1nc(CCNC(=O)C(C)N2CCc3ccccc3C2)nc2c1CCCC2. The first-order valence-corrected chi connectivity index (χ1v) is 10.6. The Morgan fingerprint density at radius 3 is 2.79 bits per heavy atom. The fraction of sp³-hybridized carbons (Fsp3) is 0.522. The number of fused-ring (bicyclic) bond motifs is 2. The van der Waals surface area contributed by atoms with E-state index in [0.29, 0.717) is 13.0 Å². The number of aromatic nitrogens is 2. The van der Waals surface area contributed by atoms with E-state index in [1.54, 1.807) is 0 Å². The Labute approximate surface area is 167 Å². The molecule has 2 aromatic rings. The molecule has 1 amide bonds. The number of carbonyl (C=O) groups excluding carboxylic acids is 1. The third-order valence-corrected chi connectivity index (χ3v) is 6.17. The molecular weight excluding hydrogens is 348 g/mol. The quantitative estimate of drug-likeness (QED) is 0.869. The predicted octanol–water partition coefficient (Wildman–Crippen LogP) is 2.77. The topological polar surface area (TPSA) is 58.1 Å². The van der Waals surface area contributed by atoms with Gasteiger partial charge in [-0.05, 0) is 62.6 Å². The summed E-state index contributed by atoms with van der Waals surface area (Å²) in [7, 11) is 0. The second kappa shape index (κ2) is 8.39. The van der Waals surface area contributed by atoms with Crippen LogP contribution in [0.1, 0.15) is 53.7 Å². The Morgan fingerprint density at radius 1 is 1.14 bits per heavy atom. The van der Waals surface area contributed by atoms with Crippen LogP contribution in [0.15, 0.2) is 24.3 Å². The van der Waals surface area contributed by atoms with Crippen molar-refractivity contribution in [3.63, 3.8) is 0 Å². The van der Waals surface area contributed by atoms with Crippen LogP contribution in [-0.4, -0.2) is 39.9 Å². The van der Waals surface area contributed by atoms with Crippen LogP contribution in [-0.2, 0) is 37.0 Å². The molecule has 1 N–H and O–H groups in total. The normalized spacial score (nSPS) is 17.5. The van der Waals surface area contributed by atoms with Crippen molar-refractivity contribution < 1.29 is 4.79 Å². The molecule has 1 aliphatic carbocycles. The standard InChI is InChI=1S/C23H30N4O/c1-16-20-9-5-6-10-21(20)26-22(25-16)11-13-24-23(28)17(2)27-14-12-18-7-3-4-8-19(18)15-27/h3-4,7-8,17H,5-6,9-15H2,1-2H3,(H,24,28). The lowest BCUT2D eigenvalue weighted by Gasteiger charge is -2.32. The molecule has 0 saturated heterocycles. The summed E-state index contributed by atoms with van der Waals surface area (Å²) in [5.74, 6) is 0.951. The van der Waals surface area contributed by atoms with Gasteiger partial charge in [-0.2, -0.15) is 0 Å². The zero-order valence-corrected chi connectivity index (χ0v) is 17.0. The maximum absolute atomic E-state index is 12.7. The van der Waals surface area contributed by atoms with E-state index in [-0.39, 0.29) is 11.9 Å². The molecule has 1 aromatic carbocycles. The van der Waals surface area contributed by atoms with Crippen LogP contribution in [0.5, 0.6) is 0 Å². The van der Waals surface area contributed by atoms with Crippen LogP contribution in [0.25, 0.3) is 0 Å². The number of amides is 1. The van der Waals surface area contributed by atoms with Crippen LogP contribution in [0.2, 0.25) is 0 Å². The van der Waals surface area contributed by atoms with Gasteiger partial charge in [0.05, 0.1) is 6.04 Å². The first-order valence-electron chi connectivity index (χ1n) is 10.6. The first kappa shape index (κ1) is 19.1.